The monoisotopic (exact) mass is 227 g/mol. The molecule has 16 heavy (non-hydrogen) atoms. The number of nitrogens with zero attached hydrogens (tertiary/aromatic N) is 2. The van der Waals surface area contributed by atoms with Crippen molar-refractivity contribution in [1.82, 2.24) is 10.2 Å². The Morgan fingerprint density at radius 3 is 2.56 bits per heavy atom. The largest absolute Gasteiger partial charge is 0.388 e. The van der Waals surface area contributed by atoms with E-state index < -0.39 is 5.60 Å². The molecule has 0 aliphatic heterocycles. The molecule has 4 nitrogen and oxygen atoms in total. The lowest BCUT2D eigenvalue weighted by Gasteiger charge is -2.31. The number of aliphatic hydroxyl groups is 1. The minimum atomic E-state index is -0.740. The van der Waals surface area contributed by atoms with Gasteiger partial charge in [-0.2, -0.15) is 5.26 Å². The Bertz CT molecular complexity index is 221. The van der Waals surface area contributed by atoms with Gasteiger partial charge >= 0.3 is 0 Å². The SMILES string of the molecule is CCN(CCC#N)CC(C)(O)CNC(C)C. The van der Waals surface area contributed by atoms with E-state index in [1.165, 1.54) is 0 Å². The molecule has 0 bridgehead atoms. The summed E-state index contributed by atoms with van der Waals surface area (Å²) in [4.78, 5) is 2.10. The van der Waals surface area contributed by atoms with Crippen LogP contribution in [0.25, 0.3) is 0 Å². The fraction of sp³-hybridized carbons (Fsp3) is 0.917. The molecule has 0 aromatic carbocycles. The first-order valence-corrected chi connectivity index (χ1v) is 5.96. The van der Waals surface area contributed by atoms with Crippen molar-refractivity contribution in [3.63, 3.8) is 0 Å². The highest BCUT2D eigenvalue weighted by atomic mass is 16.3. The predicted molar refractivity (Wildman–Crippen MR) is 66.1 cm³/mol. The molecular weight excluding hydrogens is 202 g/mol. The fourth-order valence-electron chi connectivity index (χ4n) is 1.52. The summed E-state index contributed by atoms with van der Waals surface area (Å²) in [6.07, 6.45) is 0.515. The van der Waals surface area contributed by atoms with Gasteiger partial charge in [0.1, 0.15) is 0 Å². The van der Waals surface area contributed by atoms with Crippen molar-refractivity contribution < 1.29 is 5.11 Å². The predicted octanol–water partition coefficient (Wildman–Crippen LogP) is 0.971. The van der Waals surface area contributed by atoms with Crippen LogP contribution in [0.4, 0.5) is 0 Å². The number of hydrogen-bond acceptors (Lipinski definition) is 4. The smallest absolute Gasteiger partial charge is 0.0869 e. The summed E-state index contributed by atoms with van der Waals surface area (Å²) in [6, 6.07) is 2.51. The van der Waals surface area contributed by atoms with Gasteiger partial charge in [-0.1, -0.05) is 20.8 Å². The van der Waals surface area contributed by atoms with Crippen molar-refractivity contribution in [3.8, 4) is 6.07 Å². The zero-order valence-corrected chi connectivity index (χ0v) is 11.0. The molecule has 0 aliphatic rings. The number of hydrogen-bond donors (Lipinski definition) is 2. The number of nitriles is 1. The fourth-order valence-corrected chi connectivity index (χ4v) is 1.52. The number of rotatable bonds is 8. The second-order valence-corrected chi connectivity index (χ2v) is 4.81. The van der Waals surface area contributed by atoms with E-state index in [1.807, 2.05) is 13.8 Å². The van der Waals surface area contributed by atoms with E-state index in [-0.39, 0.29) is 0 Å². The Kier molecular flexibility index (Phi) is 7.31. The van der Waals surface area contributed by atoms with Gasteiger partial charge in [0.15, 0.2) is 0 Å². The molecule has 0 aromatic heterocycles. The molecule has 94 valence electrons. The van der Waals surface area contributed by atoms with Crippen molar-refractivity contribution in [1.29, 1.82) is 5.26 Å². The quantitative estimate of drug-likeness (QED) is 0.649. The second kappa shape index (κ2) is 7.61. The summed E-state index contributed by atoms with van der Waals surface area (Å²) in [5.74, 6) is 0. The molecule has 0 fully saturated rings. The molecule has 0 aromatic rings. The lowest BCUT2D eigenvalue weighted by Crippen LogP contribution is -2.49. The Balaban J connectivity index is 4.04. The maximum Gasteiger partial charge on any atom is 0.0869 e. The van der Waals surface area contributed by atoms with Crippen molar-refractivity contribution in [2.45, 2.75) is 45.8 Å². The van der Waals surface area contributed by atoms with Crippen LogP contribution in [0.5, 0.6) is 0 Å². The van der Waals surface area contributed by atoms with Gasteiger partial charge in [0.2, 0.25) is 0 Å². The van der Waals surface area contributed by atoms with E-state index in [0.717, 1.165) is 13.1 Å². The topological polar surface area (TPSA) is 59.3 Å². The molecule has 0 spiro atoms. The number of likely N-dealkylation sites (N-methyl/N-ethyl adjacent to an activating group) is 1. The lowest BCUT2D eigenvalue weighted by atomic mass is 10.1. The van der Waals surface area contributed by atoms with Gasteiger partial charge in [0.05, 0.1) is 11.7 Å². The molecule has 0 saturated carbocycles. The molecule has 4 heteroatoms. The third kappa shape index (κ3) is 7.63. The van der Waals surface area contributed by atoms with Gasteiger partial charge in [-0.3, -0.25) is 4.90 Å². The molecular formula is C12H25N3O. The minimum Gasteiger partial charge on any atom is -0.388 e. The molecule has 0 amide bonds. The summed E-state index contributed by atoms with van der Waals surface area (Å²) in [6.45, 7) is 10.8. The zero-order chi connectivity index (χ0) is 12.6. The van der Waals surface area contributed by atoms with Crippen LogP contribution in [0, 0.1) is 11.3 Å². The van der Waals surface area contributed by atoms with Crippen LogP contribution >= 0.6 is 0 Å². The van der Waals surface area contributed by atoms with Crippen molar-refractivity contribution in [2.75, 3.05) is 26.2 Å². The third-order valence-electron chi connectivity index (χ3n) is 2.44. The number of nitrogens with one attached hydrogen (secondary N) is 1. The normalized spacial score (nSPS) is 15.1. The van der Waals surface area contributed by atoms with Crippen molar-refractivity contribution in [2.24, 2.45) is 0 Å². The molecule has 1 atom stereocenters. The van der Waals surface area contributed by atoms with E-state index in [1.54, 1.807) is 0 Å². The Morgan fingerprint density at radius 2 is 2.12 bits per heavy atom. The van der Waals surface area contributed by atoms with Crippen LogP contribution in [0.1, 0.15) is 34.1 Å². The molecule has 0 radical (unpaired) electrons. The summed E-state index contributed by atoms with van der Waals surface area (Å²) < 4.78 is 0. The van der Waals surface area contributed by atoms with Crippen LogP contribution < -0.4 is 5.32 Å². The first-order chi connectivity index (χ1) is 7.41. The average Bonchev–Trinajstić information content (AvgIpc) is 2.21. The van der Waals surface area contributed by atoms with Gasteiger partial charge in [-0.05, 0) is 13.5 Å². The highest BCUT2D eigenvalue weighted by Gasteiger charge is 2.23. The van der Waals surface area contributed by atoms with Gasteiger partial charge in [0.25, 0.3) is 0 Å². The highest BCUT2D eigenvalue weighted by molar-refractivity contribution is 4.82. The van der Waals surface area contributed by atoms with Gasteiger partial charge in [0, 0.05) is 32.1 Å². The van der Waals surface area contributed by atoms with Crippen LogP contribution in [0.15, 0.2) is 0 Å². The standard InChI is InChI=1S/C12H25N3O/c1-5-15(8-6-7-13)10-12(4,16)9-14-11(2)3/h11,14,16H,5-6,8-10H2,1-4H3. The Labute approximate surface area is 99.3 Å². The van der Waals surface area contributed by atoms with Crippen molar-refractivity contribution in [3.05, 3.63) is 0 Å². The Hall–Kier alpha value is -0.630. The molecule has 0 heterocycles. The molecule has 0 aliphatic carbocycles. The van der Waals surface area contributed by atoms with Crippen LogP contribution in [-0.2, 0) is 0 Å². The van der Waals surface area contributed by atoms with Crippen molar-refractivity contribution >= 4 is 0 Å². The van der Waals surface area contributed by atoms with E-state index in [2.05, 4.69) is 30.1 Å². The summed E-state index contributed by atoms with van der Waals surface area (Å²) in [5.41, 5.74) is -0.740. The van der Waals surface area contributed by atoms with E-state index in [0.29, 0.717) is 25.6 Å². The second-order valence-electron chi connectivity index (χ2n) is 4.81. The van der Waals surface area contributed by atoms with E-state index in [9.17, 15) is 5.11 Å². The third-order valence-corrected chi connectivity index (χ3v) is 2.44. The molecule has 2 N–H and O–H groups in total. The van der Waals surface area contributed by atoms with Gasteiger partial charge < -0.3 is 10.4 Å². The van der Waals surface area contributed by atoms with Gasteiger partial charge in [-0.15, -0.1) is 0 Å². The highest BCUT2D eigenvalue weighted by Crippen LogP contribution is 2.06. The summed E-state index contributed by atoms with van der Waals surface area (Å²) >= 11 is 0. The van der Waals surface area contributed by atoms with Crippen LogP contribution in [0.2, 0.25) is 0 Å². The molecule has 0 rings (SSSR count). The maximum absolute atomic E-state index is 10.2. The first kappa shape index (κ1) is 15.4. The van der Waals surface area contributed by atoms with Gasteiger partial charge in [-0.25, -0.2) is 0 Å². The minimum absolute atomic E-state index is 0.376. The Morgan fingerprint density at radius 1 is 1.50 bits per heavy atom. The first-order valence-electron chi connectivity index (χ1n) is 5.96. The summed E-state index contributed by atoms with van der Waals surface area (Å²) in [7, 11) is 0. The van der Waals surface area contributed by atoms with Crippen LogP contribution in [0.3, 0.4) is 0 Å². The molecule has 0 saturated heterocycles. The zero-order valence-electron chi connectivity index (χ0n) is 11.0. The van der Waals surface area contributed by atoms with Crippen LogP contribution in [-0.4, -0.2) is 47.8 Å². The lowest BCUT2D eigenvalue weighted by molar-refractivity contribution is 0.0206. The molecule has 1 unspecified atom stereocenters. The van der Waals surface area contributed by atoms with E-state index in [4.69, 9.17) is 5.26 Å². The maximum atomic E-state index is 10.2. The van der Waals surface area contributed by atoms with E-state index >= 15 is 0 Å². The summed E-state index contributed by atoms with van der Waals surface area (Å²) in [5, 5.41) is 21.9. The average molecular weight is 227 g/mol.